The summed E-state index contributed by atoms with van der Waals surface area (Å²) in [5, 5.41) is 10.8. The Morgan fingerprint density at radius 3 is 2.58 bits per heavy atom. The number of carbonyl (C=O) groups is 1. The molecule has 4 aromatic rings. The van der Waals surface area contributed by atoms with Crippen LogP contribution in [-0.4, -0.2) is 30.7 Å². The van der Waals surface area contributed by atoms with Crippen LogP contribution >= 0.6 is 0 Å². The second-order valence-electron chi connectivity index (χ2n) is 7.02. The molecule has 0 aliphatic carbocycles. The minimum atomic E-state index is -3.40. The van der Waals surface area contributed by atoms with Gasteiger partial charge in [0.25, 0.3) is 0 Å². The molecule has 0 spiro atoms. The predicted molar refractivity (Wildman–Crippen MR) is 122 cm³/mol. The molecule has 4 rings (SSSR count). The molecule has 0 saturated carbocycles. The zero-order valence-corrected chi connectivity index (χ0v) is 17.3. The van der Waals surface area contributed by atoms with Gasteiger partial charge in [-0.3, -0.25) is 4.72 Å². The molecule has 0 fully saturated rings. The fourth-order valence-corrected chi connectivity index (χ4v) is 3.92. The molecule has 0 aliphatic heterocycles. The molecule has 0 unspecified atom stereocenters. The number of aromatic nitrogens is 1. The van der Waals surface area contributed by atoms with Crippen molar-refractivity contribution in [3.63, 3.8) is 0 Å². The second kappa shape index (κ2) is 8.01. The molecule has 6 nitrogen and oxygen atoms in total. The molecular weight excluding hydrogens is 412 g/mol. The lowest BCUT2D eigenvalue weighted by atomic mass is 9.93. The summed E-state index contributed by atoms with van der Waals surface area (Å²) in [5.74, 6) is 5.03. The number of sulfonamides is 1. The van der Waals surface area contributed by atoms with E-state index in [4.69, 9.17) is 0 Å². The SMILES string of the molecule is CS(=O)(=O)Nc1cccc(C#Cc2cccc(C(=O)O)c2-c2ccc3cc[nH]c3c2)c1. The maximum absolute atomic E-state index is 11.9. The Morgan fingerprint density at radius 2 is 1.81 bits per heavy atom. The normalized spacial score (nSPS) is 11.0. The van der Waals surface area contributed by atoms with E-state index in [2.05, 4.69) is 21.5 Å². The van der Waals surface area contributed by atoms with Gasteiger partial charge in [-0.25, -0.2) is 13.2 Å². The van der Waals surface area contributed by atoms with Gasteiger partial charge in [0.2, 0.25) is 10.0 Å². The number of benzene rings is 3. The Hall–Kier alpha value is -4.02. The number of hydrogen-bond donors (Lipinski definition) is 3. The molecule has 3 N–H and O–H groups in total. The highest BCUT2D eigenvalue weighted by atomic mass is 32.2. The van der Waals surface area contributed by atoms with E-state index in [1.807, 2.05) is 30.5 Å². The number of H-pyrrole nitrogens is 1. The summed E-state index contributed by atoms with van der Waals surface area (Å²) in [5.41, 5.74) is 3.90. The third-order valence-corrected chi connectivity index (χ3v) is 5.25. The van der Waals surface area contributed by atoms with Crippen molar-refractivity contribution in [1.29, 1.82) is 0 Å². The van der Waals surface area contributed by atoms with Crippen LogP contribution in [0.3, 0.4) is 0 Å². The lowest BCUT2D eigenvalue weighted by molar-refractivity contribution is 0.0697. The van der Waals surface area contributed by atoms with E-state index in [0.29, 0.717) is 22.4 Å². The van der Waals surface area contributed by atoms with Gasteiger partial charge in [0.05, 0.1) is 11.8 Å². The van der Waals surface area contributed by atoms with Crippen molar-refractivity contribution in [3.05, 3.63) is 89.6 Å². The lowest BCUT2D eigenvalue weighted by Gasteiger charge is -2.10. The number of anilines is 1. The average molecular weight is 430 g/mol. The fourth-order valence-electron chi connectivity index (χ4n) is 3.36. The Bertz CT molecular complexity index is 1470. The fraction of sp³-hybridized carbons (Fsp3) is 0.0417. The maximum atomic E-state index is 11.9. The van der Waals surface area contributed by atoms with E-state index < -0.39 is 16.0 Å². The van der Waals surface area contributed by atoms with Crippen molar-refractivity contribution in [1.82, 2.24) is 4.98 Å². The van der Waals surface area contributed by atoms with Crippen molar-refractivity contribution < 1.29 is 18.3 Å². The highest BCUT2D eigenvalue weighted by Gasteiger charge is 2.15. The maximum Gasteiger partial charge on any atom is 0.336 e. The third kappa shape index (κ3) is 4.60. The lowest BCUT2D eigenvalue weighted by Crippen LogP contribution is -2.09. The first kappa shape index (κ1) is 20.3. The zero-order chi connectivity index (χ0) is 22.0. The molecular formula is C24H18N2O4S. The molecule has 0 radical (unpaired) electrons. The van der Waals surface area contributed by atoms with E-state index in [1.165, 1.54) is 0 Å². The highest BCUT2D eigenvalue weighted by Crippen LogP contribution is 2.30. The topological polar surface area (TPSA) is 99.3 Å². The van der Waals surface area contributed by atoms with Crippen LogP contribution in [0.5, 0.6) is 0 Å². The first-order valence-corrected chi connectivity index (χ1v) is 11.2. The molecule has 0 aliphatic rings. The molecule has 0 bridgehead atoms. The monoisotopic (exact) mass is 430 g/mol. The molecule has 3 aromatic carbocycles. The minimum Gasteiger partial charge on any atom is -0.478 e. The van der Waals surface area contributed by atoms with Crippen LogP contribution in [0.15, 0.2) is 72.9 Å². The van der Waals surface area contributed by atoms with Gasteiger partial charge in [-0.2, -0.15) is 0 Å². The zero-order valence-electron chi connectivity index (χ0n) is 16.5. The number of nitrogens with one attached hydrogen (secondary N) is 2. The van der Waals surface area contributed by atoms with Crippen LogP contribution < -0.4 is 4.72 Å². The van der Waals surface area contributed by atoms with Crippen molar-refractivity contribution in [3.8, 4) is 23.0 Å². The first-order valence-electron chi connectivity index (χ1n) is 9.34. The van der Waals surface area contributed by atoms with Crippen LogP contribution in [0.2, 0.25) is 0 Å². The Morgan fingerprint density at radius 1 is 1.00 bits per heavy atom. The van der Waals surface area contributed by atoms with Crippen molar-refractivity contribution >= 4 is 32.6 Å². The standard InChI is InChI=1S/C24H18N2O4S/c1-31(29,30)26-20-6-2-4-16(14-20)8-9-18-5-3-7-21(24(27)28)23(18)19-11-10-17-12-13-25-22(17)15-19/h2-7,10-15,25-26H,1H3,(H,27,28). The van der Waals surface area contributed by atoms with Gasteiger partial charge in [-0.1, -0.05) is 36.1 Å². The third-order valence-electron chi connectivity index (χ3n) is 4.65. The Balaban J connectivity index is 1.81. The summed E-state index contributed by atoms with van der Waals surface area (Å²) >= 11 is 0. The van der Waals surface area contributed by atoms with E-state index in [1.54, 1.807) is 42.5 Å². The Kier molecular flexibility index (Phi) is 5.24. The number of carboxylic acids is 1. The molecule has 0 saturated heterocycles. The molecule has 1 heterocycles. The minimum absolute atomic E-state index is 0.158. The van der Waals surface area contributed by atoms with Crippen LogP contribution in [0.1, 0.15) is 21.5 Å². The number of fused-ring (bicyclic) bond motifs is 1. The van der Waals surface area contributed by atoms with E-state index in [9.17, 15) is 18.3 Å². The van der Waals surface area contributed by atoms with Gasteiger partial charge in [0.15, 0.2) is 0 Å². The number of rotatable bonds is 4. The highest BCUT2D eigenvalue weighted by molar-refractivity contribution is 7.92. The van der Waals surface area contributed by atoms with Crippen LogP contribution in [-0.2, 0) is 10.0 Å². The summed E-state index contributed by atoms with van der Waals surface area (Å²) in [4.78, 5) is 15.0. The van der Waals surface area contributed by atoms with Gasteiger partial charge in [-0.05, 0) is 53.4 Å². The van der Waals surface area contributed by atoms with Crippen LogP contribution in [0.4, 0.5) is 5.69 Å². The largest absolute Gasteiger partial charge is 0.478 e. The smallest absolute Gasteiger partial charge is 0.336 e. The van der Waals surface area contributed by atoms with Gasteiger partial charge in [0, 0.05) is 34.1 Å². The van der Waals surface area contributed by atoms with Gasteiger partial charge in [-0.15, -0.1) is 0 Å². The molecule has 0 amide bonds. The number of hydrogen-bond acceptors (Lipinski definition) is 3. The van der Waals surface area contributed by atoms with Crippen LogP contribution in [0.25, 0.3) is 22.0 Å². The number of carboxylic acid groups (broad SMARTS) is 1. The summed E-state index contributed by atoms with van der Waals surface area (Å²) in [6.07, 6.45) is 2.91. The average Bonchev–Trinajstić information content (AvgIpc) is 3.18. The van der Waals surface area contributed by atoms with Crippen molar-refractivity contribution in [2.75, 3.05) is 11.0 Å². The molecule has 7 heteroatoms. The van der Waals surface area contributed by atoms with Gasteiger partial charge < -0.3 is 10.1 Å². The molecule has 154 valence electrons. The summed E-state index contributed by atoms with van der Waals surface area (Å²) < 4.78 is 25.3. The summed E-state index contributed by atoms with van der Waals surface area (Å²) in [6, 6.07) is 19.3. The van der Waals surface area contributed by atoms with Gasteiger partial charge in [0.1, 0.15) is 0 Å². The Labute approximate surface area is 179 Å². The summed E-state index contributed by atoms with van der Waals surface area (Å²) in [7, 11) is -3.40. The quantitative estimate of drug-likeness (QED) is 0.420. The van der Waals surface area contributed by atoms with Crippen LogP contribution in [0, 0.1) is 11.8 Å². The first-order chi connectivity index (χ1) is 14.8. The number of aromatic carboxylic acids is 1. The molecule has 0 atom stereocenters. The molecule has 1 aromatic heterocycles. The van der Waals surface area contributed by atoms with E-state index >= 15 is 0 Å². The predicted octanol–water partition coefficient (Wildman–Crippen LogP) is 4.30. The molecule has 31 heavy (non-hydrogen) atoms. The van der Waals surface area contributed by atoms with Crippen molar-refractivity contribution in [2.45, 2.75) is 0 Å². The van der Waals surface area contributed by atoms with E-state index in [0.717, 1.165) is 22.7 Å². The summed E-state index contributed by atoms with van der Waals surface area (Å²) in [6.45, 7) is 0. The number of aromatic amines is 1. The van der Waals surface area contributed by atoms with E-state index in [-0.39, 0.29) is 5.56 Å². The van der Waals surface area contributed by atoms with Gasteiger partial charge >= 0.3 is 5.97 Å². The second-order valence-corrected chi connectivity index (χ2v) is 8.77. The van der Waals surface area contributed by atoms with Crippen molar-refractivity contribution in [2.24, 2.45) is 0 Å².